The molecule has 0 aliphatic rings. The van der Waals surface area contributed by atoms with Crippen LogP contribution in [0.3, 0.4) is 0 Å². The van der Waals surface area contributed by atoms with Crippen molar-refractivity contribution in [2.24, 2.45) is 0 Å². The highest BCUT2D eigenvalue weighted by atomic mass is 35.5. The lowest BCUT2D eigenvalue weighted by Crippen LogP contribution is -2.25. The minimum absolute atomic E-state index is 0. The van der Waals surface area contributed by atoms with Gasteiger partial charge >= 0.3 is 0 Å². The number of halogens is 1. The lowest BCUT2D eigenvalue weighted by molar-refractivity contribution is 0.0954. The number of methoxy groups -OCH3 is 1. The Morgan fingerprint density at radius 2 is 1.91 bits per heavy atom. The van der Waals surface area contributed by atoms with Crippen LogP contribution < -0.4 is 10.1 Å². The zero-order chi connectivity index (χ0) is 15.9. The Bertz CT molecular complexity index is 630. The zero-order valence-corrected chi connectivity index (χ0v) is 14.5. The molecule has 5 heteroatoms. The number of benzene rings is 1. The number of amides is 1. The van der Waals surface area contributed by atoms with Crippen LogP contribution in [-0.4, -0.2) is 24.5 Å². The number of pyridine rings is 1. The van der Waals surface area contributed by atoms with Gasteiger partial charge in [0.2, 0.25) is 0 Å². The van der Waals surface area contributed by atoms with Crippen molar-refractivity contribution in [3.63, 3.8) is 0 Å². The Balaban J connectivity index is 0.00000264. The standard InChI is InChI=1S/C18H22N2O2.ClH/c1-13(2)16-12-14(4-5-17(16)22-3)6-11-20-18(21)15-7-9-19-10-8-15;/h4-5,7-10,12-13H,6,11H2,1-3H3,(H,20,21);1H. The molecule has 0 saturated heterocycles. The van der Waals surface area contributed by atoms with E-state index in [1.807, 2.05) is 12.1 Å². The molecule has 0 aliphatic heterocycles. The van der Waals surface area contributed by atoms with Crippen LogP contribution in [0, 0.1) is 0 Å². The van der Waals surface area contributed by atoms with Gasteiger partial charge in [-0.3, -0.25) is 9.78 Å². The van der Waals surface area contributed by atoms with Gasteiger partial charge in [0.15, 0.2) is 0 Å². The monoisotopic (exact) mass is 334 g/mol. The van der Waals surface area contributed by atoms with Gasteiger partial charge in [-0.1, -0.05) is 26.0 Å². The number of ether oxygens (including phenoxy) is 1. The molecule has 0 unspecified atom stereocenters. The fraction of sp³-hybridized carbons (Fsp3) is 0.333. The number of hydrogen-bond acceptors (Lipinski definition) is 3. The van der Waals surface area contributed by atoms with Gasteiger partial charge in [0.05, 0.1) is 7.11 Å². The van der Waals surface area contributed by atoms with Crippen LogP contribution in [0.1, 0.15) is 41.3 Å². The fourth-order valence-electron chi connectivity index (χ4n) is 2.32. The number of nitrogens with zero attached hydrogens (tertiary/aromatic N) is 1. The number of rotatable bonds is 6. The van der Waals surface area contributed by atoms with E-state index in [4.69, 9.17) is 4.74 Å². The van der Waals surface area contributed by atoms with Gasteiger partial charge in [0.25, 0.3) is 5.91 Å². The second-order valence-electron chi connectivity index (χ2n) is 5.47. The summed E-state index contributed by atoms with van der Waals surface area (Å²) in [6.45, 7) is 4.89. The van der Waals surface area contributed by atoms with Crippen molar-refractivity contribution in [2.45, 2.75) is 26.2 Å². The van der Waals surface area contributed by atoms with Crippen molar-refractivity contribution in [3.05, 3.63) is 59.4 Å². The van der Waals surface area contributed by atoms with Gasteiger partial charge in [0, 0.05) is 24.5 Å². The first-order valence-corrected chi connectivity index (χ1v) is 7.47. The van der Waals surface area contributed by atoms with Crippen LogP contribution in [0.15, 0.2) is 42.7 Å². The highest BCUT2D eigenvalue weighted by molar-refractivity contribution is 5.93. The molecule has 0 bridgehead atoms. The Morgan fingerprint density at radius 3 is 2.52 bits per heavy atom. The molecule has 0 saturated carbocycles. The van der Waals surface area contributed by atoms with E-state index in [-0.39, 0.29) is 18.3 Å². The molecule has 1 heterocycles. The van der Waals surface area contributed by atoms with Crippen molar-refractivity contribution in [3.8, 4) is 5.75 Å². The predicted octanol–water partition coefficient (Wildman–Crippen LogP) is 3.61. The molecule has 23 heavy (non-hydrogen) atoms. The van der Waals surface area contributed by atoms with Crippen LogP contribution in [-0.2, 0) is 6.42 Å². The largest absolute Gasteiger partial charge is 0.496 e. The third kappa shape index (κ3) is 5.25. The van der Waals surface area contributed by atoms with Crippen LogP contribution in [0.25, 0.3) is 0 Å². The van der Waals surface area contributed by atoms with E-state index < -0.39 is 0 Å². The van der Waals surface area contributed by atoms with Crippen LogP contribution in [0.4, 0.5) is 0 Å². The second kappa shape index (κ2) is 9.16. The Labute approximate surface area is 143 Å². The first-order chi connectivity index (χ1) is 10.6. The lowest BCUT2D eigenvalue weighted by atomic mass is 9.98. The summed E-state index contributed by atoms with van der Waals surface area (Å²) in [6.07, 6.45) is 4.03. The molecule has 0 fully saturated rings. The maximum absolute atomic E-state index is 12.0. The summed E-state index contributed by atoms with van der Waals surface area (Å²) in [5.74, 6) is 1.25. The molecule has 124 valence electrons. The van der Waals surface area contributed by atoms with E-state index in [1.54, 1.807) is 31.6 Å². The summed E-state index contributed by atoms with van der Waals surface area (Å²) in [6, 6.07) is 9.61. The molecule has 1 aromatic heterocycles. The molecule has 1 amide bonds. The Hall–Kier alpha value is -2.07. The minimum Gasteiger partial charge on any atom is -0.496 e. The molecular weight excluding hydrogens is 312 g/mol. The maximum Gasteiger partial charge on any atom is 0.251 e. The second-order valence-corrected chi connectivity index (χ2v) is 5.47. The van der Waals surface area contributed by atoms with Crippen LogP contribution in [0.2, 0.25) is 0 Å². The van der Waals surface area contributed by atoms with Crippen molar-refractivity contribution in [1.82, 2.24) is 10.3 Å². The van der Waals surface area contributed by atoms with Crippen LogP contribution in [0.5, 0.6) is 5.75 Å². The number of carbonyl (C=O) groups excluding carboxylic acids is 1. The summed E-state index contributed by atoms with van der Waals surface area (Å²) >= 11 is 0. The van der Waals surface area contributed by atoms with Crippen molar-refractivity contribution in [1.29, 1.82) is 0 Å². The highest BCUT2D eigenvalue weighted by Crippen LogP contribution is 2.27. The van der Waals surface area contributed by atoms with E-state index in [2.05, 4.69) is 30.2 Å². The molecule has 1 N–H and O–H groups in total. The average Bonchev–Trinajstić information content (AvgIpc) is 2.55. The molecule has 2 rings (SSSR count). The van der Waals surface area contributed by atoms with Gasteiger partial charge in [0.1, 0.15) is 5.75 Å². The normalized spacial score (nSPS) is 10.1. The van der Waals surface area contributed by atoms with E-state index in [1.165, 1.54) is 11.1 Å². The predicted molar refractivity (Wildman–Crippen MR) is 94.6 cm³/mol. The third-order valence-corrected chi connectivity index (χ3v) is 3.56. The number of hydrogen-bond donors (Lipinski definition) is 1. The number of aromatic nitrogens is 1. The molecular formula is C18H23ClN2O2. The van der Waals surface area contributed by atoms with Crippen molar-refractivity contribution < 1.29 is 9.53 Å². The number of carbonyl (C=O) groups is 1. The molecule has 0 aliphatic carbocycles. The fourth-order valence-corrected chi connectivity index (χ4v) is 2.32. The van der Waals surface area contributed by atoms with Gasteiger partial charge < -0.3 is 10.1 Å². The van der Waals surface area contributed by atoms with Gasteiger partial charge in [-0.15, -0.1) is 12.4 Å². The molecule has 1 aromatic carbocycles. The third-order valence-electron chi connectivity index (χ3n) is 3.56. The van der Waals surface area contributed by atoms with Crippen molar-refractivity contribution in [2.75, 3.05) is 13.7 Å². The minimum atomic E-state index is -0.0694. The summed E-state index contributed by atoms with van der Waals surface area (Å²) < 4.78 is 5.39. The molecule has 0 atom stereocenters. The lowest BCUT2D eigenvalue weighted by Gasteiger charge is -2.13. The van der Waals surface area contributed by atoms with Gasteiger partial charge in [-0.05, 0) is 41.7 Å². The van der Waals surface area contributed by atoms with Gasteiger partial charge in [-0.2, -0.15) is 0 Å². The molecule has 2 aromatic rings. The van der Waals surface area contributed by atoms with E-state index in [0.29, 0.717) is 18.0 Å². The molecule has 0 spiro atoms. The Morgan fingerprint density at radius 1 is 1.22 bits per heavy atom. The zero-order valence-electron chi connectivity index (χ0n) is 13.7. The summed E-state index contributed by atoms with van der Waals surface area (Å²) in [5, 5.41) is 2.93. The Kier molecular flexibility index (Phi) is 7.55. The first kappa shape index (κ1) is 19.0. The first-order valence-electron chi connectivity index (χ1n) is 7.47. The highest BCUT2D eigenvalue weighted by Gasteiger charge is 2.09. The maximum atomic E-state index is 12.0. The SMILES string of the molecule is COc1ccc(CCNC(=O)c2ccncc2)cc1C(C)C.Cl. The summed E-state index contributed by atoms with van der Waals surface area (Å²) in [5.41, 5.74) is 3.02. The summed E-state index contributed by atoms with van der Waals surface area (Å²) in [7, 11) is 1.69. The van der Waals surface area contributed by atoms with E-state index in [9.17, 15) is 4.79 Å². The average molecular weight is 335 g/mol. The van der Waals surface area contributed by atoms with Crippen molar-refractivity contribution >= 4 is 18.3 Å². The smallest absolute Gasteiger partial charge is 0.251 e. The molecule has 0 radical (unpaired) electrons. The topological polar surface area (TPSA) is 51.2 Å². The quantitative estimate of drug-likeness (QED) is 0.878. The van der Waals surface area contributed by atoms with Crippen LogP contribution >= 0.6 is 12.4 Å². The van der Waals surface area contributed by atoms with E-state index in [0.717, 1.165) is 12.2 Å². The number of nitrogens with one attached hydrogen (secondary N) is 1. The van der Waals surface area contributed by atoms with E-state index >= 15 is 0 Å². The summed E-state index contributed by atoms with van der Waals surface area (Å²) in [4.78, 5) is 15.9. The molecule has 4 nitrogen and oxygen atoms in total. The van der Waals surface area contributed by atoms with Gasteiger partial charge in [-0.25, -0.2) is 0 Å².